The first-order valence-corrected chi connectivity index (χ1v) is 7.19. The molecule has 0 fully saturated rings. The second-order valence-corrected chi connectivity index (χ2v) is 5.36. The molecule has 2 aromatic heterocycles. The highest BCUT2D eigenvalue weighted by Gasteiger charge is 2.24. The Hall–Kier alpha value is -1.95. The lowest BCUT2D eigenvalue weighted by atomic mass is 10.0. The number of nitrogens with zero attached hydrogens (tertiary/aromatic N) is 4. The maximum atomic E-state index is 6.51. The van der Waals surface area contributed by atoms with Crippen LogP contribution in [0.1, 0.15) is 55.5 Å². The number of nitrogens with two attached hydrogens (primary N) is 1. The van der Waals surface area contributed by atoms with Gasteiger partial charge in [0.15, 0.2) is 5.75 Å². The van der Waals surface area contributed by atoms with Crippen LogP contribution >= 0.6 is 0 Å². The first-order valence-electron chi connectivity index (χ1n) is 7.19. The third kappa shape index (κ3) is 2.90. The number of rotatable bonds is 5. The summed E-state index contributed by atoms with van der Waals surface area (Å²) in [5.74, 6) is 0.702. The molecule has 0 saturated heterocycles. The molecule has 21 heavy (non-hydrogen) atoms. The highest BCUT2D eigenvalue weighted by Crippen LogP contribution is 2.31. The molecule has 2 rings (SSSR count). The molecule has 2 N–H and O–H groups in total. The average molecular weight is 289 g/mol. The molecule has 1 atom stereocenters. The fourth-order valence-corrected chi connectivity index (χ4v) is 2.45. The highest BCUT2D eigenvalue weighted by molar-refractivity contribution is 5.38. The van der Waals surface area contributed by atoms with Crippen molar-refractivity contribution in [1.82, 2.24) is 20.0 Å². The normalized spacial score (nSPS) is 12.7. The summed E-state index contributed by atoms with van der Waals surface area (Å²) in [6.07, 6.45) is 2.50. The predicted octanol–water partition coefficient (Wildman–Crippen LogP) is 2.18. The van der Waals surface area contributed by atoms with Crippen LogP contribution in [0.2, 0.25) is 0 Å². The van der Waals surface area contributed by atoms with Gasteiger partial charge in [-0.15, -0.1) is 0 Å². The van der Waals surface area contributed by atoms with E-state index in [2.05, 4.69) is 29.1 Å². The van der Waals surface area contributed by atoms with Gasteiger partial charge in [0.1, 0.15) is 5.69 Å². The third-order valence-corrected chi connectivity index (χ3v) is 3.50. The quantitative estimate of drug-likeness (QED) is 0.912. The predicted molar refractivity (Wildman–Crippen MR) is 81.3 cm³/mol. The number of aromatic nitrogens is 4. The summed E-state index contributed by atoms with van der Waals surface area (Å²) >= 11 is 0. The van der Waals surface area contributed by atoms with E-state index < -0.39 is 0 Å². The molecule has 0 aliphatic carbocycles. The van der Waals surface area contributed by atoms with E-state index in [1.165, 1.54) is 0 Å². The second-order valence-electron chi connectivity index (χ2n) is 5.36. The molecule has 6 nitrogen and oxygen atoms in total. The maximum Gasteiger partial charge on any atom is 0.161 e. The summed E-state index contributed by atoms with van der Waals surface area (Å²) in [5, 5.41) is 12.8. The number of methoxy groups -OCH3 is 1. The number of hydrogen-bond acceptors (Lipinski definition) is 5. The van der Waals surface area contributed by atoms with Gasteiger partial charge in [0.05, 0.1) is 30.7 Å². The van der Waals surface area contributed by atoms with Crippen molar-refractivity contribution in [3.05, 3.63) is 34.9 Å². The Balaban J connectivity index is 2.56. The average Bonchev–Trinajstić information content (AvgIpc) is 2.90. The highest BCUT2D eigenvalue weighted by atomic mass is 16.5. The van der Waals surface area contributed by atoms with E-state index in [9.17, 15) is 0 Å². The molecule has 0 saturated carbocycles. The number of aryl methyl sites for hydroxylation is 2. The van der Waals surface area contributed by atoms with E-state index in [1.54, 1.807) is 13.3 Å². The van der Waals surface area contributed by atoms with Crippen LogP contribution in [0.4, 0.5) is 0 Å². The van der Waals surface area contributed by atoms with E-state index in [4.69, 9.17) is 10.5 Å². The monoisotopic (exact) mass is 289 g/mol. The molecule has 0 radical (unpaired) electrons. The van der Waals surface area contributed by atoms with Crippen molar-refractivity contribution in [3.8, 4) is 5.75 Å². The molecule has 0 spiro atoms. The topological polar surface area (TPSA) is 78.8 Å². The Bertz CT molecular complexity index is 621. The maximum absolute atomic E-state index is 6.51. The molecule has 2 aromatic rings. The Labute approximate surface area is 125 Å². The van der Waals surface area contributed by atoms with Gasteiger partial charge in [0, 0.05) is 11.6 Å². The van der Waals surface area contributed by atoms with E-state index in [0.29, 0.717) is 5.75 Å². The number of ether oxygens (including phenoxy) is 1. The van der Waals surface area contributed by atoms with Gasteiger partial charge in [-0.3, -0.25) is 4.68 Å². The summed E-state index contributed by atoms with van der Waals surface area (Å²) in [7, 11) is 1.63. The summed E-state index contributed by atoms with van der Waals surface area (Å²) in [6, 6.07) is 1.86. The van der Waals surface area contributed by atoms with E-state index >= 15 is 0 Å². The van der Waals surface area contributed by atoms with Crippen molar-refractivity contribution in [2.24, 2.45) is 5.73 Å². The van der Waals surface area contributed by atoms with Gasteiger partial charge in [-0.2, -0.15) is 15.3 Å². The smallest absolute Gasteiger partial charge is 0.161 e. The Morgan fingerprint density at radius 1 is 1.33 bits per heavy atom. The first kappa shape index (κ1) is 15.4. The van der Waals surface area contributed by atoms with E-state index in [1.807, 2.05) is 24.6 Å². The van der Waals surface area contributed by atoms with Crippen LogP contribution in [0.25, 0.3) is 0 Å². The van der Waals surface area contributed by atoms with Gasteiger partial charge in [-0.25, -0.2) is 0 Å². The summed E-state index contributed by atoms with van der Waals surface area (Å²) in [6.45, 7) is 8.10. The second kappa shape index (κ2) is 6.22. The SMILES string of the molecule is CCc1nnc(C)cc1C(N)c1c(OC)cnn1C(C)C. The van der Waals surface area contributed by atoms with Crippen LogP contribution in [0, 0.1) is 6.92 Å². The van der Waals surface area contributed by atoms with Gasteiger partial charge in [0.25, 0.3) is 0 Å². The molecule has 0 bridgehead atoms. The van der Waals surface area contributed by atoms with Gasteiger partial charge in [0.2, 0.25) is 0 Å². The summed E-state index contributed by atoms with van der Waals surface area (Å²) in [4.78, 5) is 0. The Kier molecular flexibility index (Phi) is 4.57. The van der Waals surface area contributed by atoms with Crippen molar-refractivity contribution in [2.75, 3.05) is 7.11 Å². The van der Waals surface area contributed by atoms with Gasteiger partial charge in [-0.1, -0.05) is 6.92 Å². The number of hydrogen-bond donors (Lipinski definition) is 1. The fourth-order valence-electron chi connectivity index (χ4n) is 2.45. The summed E-state index contributed by atoms with van der Waals surface area (Å²) < 4.78 is 7.32. The molecule has 1 unspecified atom stereocenters. The summed E-state index contributed by atoms with van der Waals surface area (Å²) in [5.41, 5.74) is 10.1. The van der Waals surface area contributed by atoms with Crippen molar-refractivity contribution in [3.63, 3.8) is 0 Å². The van der Waals surface area contributed by atoms with Gasteiger partial charge >= 0.3 is 0 Å². The van der Waals surface area contributed by atoms with Crippen molar-refractivity contribution < 1.29 is 4.74 Å². The lowest BCUT2D eigenvalue weighted by molar-refractivity contribution is 0.400. The minimum Gasteiger partial charge on any atom is -0.493 e. The largest absolute Gasteiger partial charge is 0.493 e. The molecule has 0 amide bonds. The van der Waals surface area contributed by atoms with Gasteiger partial charge in [-0.05, 0) is 33.3 Å². The van der Waals surface area contributed by atoms with Crippen LogP contribution in [0.3, 0.4) is 0 Å². The minimum absolute atomic E-state index is 0.205. The van der Waals surface area contributed by atoms with Crippen LogP contribution < -0.4 is 10.5 Å². The van der Waals surface area contributed by atoms with Crippen LogP contribution in [-0.4, -0.2) is 27.1 Å². The first-order chi connectivity index (χ1) is 9.99. The lowest BCUT2D eigenvalue weighted by Crippen LogP contribution is -2.21. The molecular formula is C15H23N5O. The zero-order chi connectivity index (χ0) is 15.6. The van der Waals surface area contributed by atoms with Crippen molar-refractivity contribution in [1.29, 1.82) is 0 Å². The molecule has 6 heteroatoms. The van der Waals surface area contributed by atoms with Crippen LogP contribution in [-0.2, 0) is 6.42 Å². The molecular weight excluding hydrogens is 266 g/mol. The Morgan fingerprint density at radius 3 is 2.62 bits per heavy atom. The lowest BCUT2D eigenvalue weighted by Gasteiger charge is -2.20. The zero-order valence-corrected chi connectivity index (χ0v) is 13.3. The molecule has 0 aliphatic heterocycles. The standard InChI is InChI=1S/C15H23N5O/c1-6-12-11(7-10(4)18-19-12)14(16)15-13(21-5)8-17-20(15)9(2)3/h7-9,14H,6,16H2,1-5H3. The molecule has 2 heterocycles. The van der Waals surface area contributed by atoms with Crippen molar-refractivity contribution in [2.45, 2.75) is 46.2 Å². The van der Waals surface area contributed by atoms with E-state index in [-0.39, 0.29) is 12.1 Å². The fraction of sp³-hybridized carbons (Fsp3) is 0.533. The molecule has 0 aliphatic rings. The Morgan fingerprint density at radius 2 is 2.05 bits per heavy atom. The van der Waals surface area contributed by atoms with Crippen LogP contribution in [0.15, 0.2) is 12.3 Å². The molecule has 114 valence electrons. The molecule has 0 aromatic carbocycles. The zero-order valence-electron chi connectivity index (χ0n) is 13.3. The van der Waals surface area contributed by atoms with E-state index in [0.717, 1.165) is 29.1 Å². The third-order valence-electron chi connectivity index (χ3n) is 3.50. The minimum atomic E-state index is -0.339. The van der Waals surface area contributed by atoms with Crippen molar-refractivity contribution >= 4 is 0 Å². The van der Waals surface area contributed by atoms with Crippen LogP contribution in [0.5, 0.6) is 5.75 Å². The van der Waals surface area contributed by atoms with Gasteiger partial charge < -0.3 is 10.5 Å².